The summed E-state index contributed by atoms with van der Waals surface area (Å²) >= 11 is 0. The van der Waals surface area contributed by atoms with Crippen LogP contribution in [-0.4, -0.2) is 16.1 Å². The number of aryl methyl sites for hydroxylation is 1. The van der Waals surface area contributed by atoms with E-state index in [2.05, 4.69) is 16.9 Å². The first-order chi connectivity index (χ1) is 7.72. The van der Waals surface area contributed by atoms with Gasteiger partial charge in [0.05, 0.1) is 6.10 Å². The molecule has 0 atom stereocenters. The molecule has 16 heavy (non-hydrogen) atoms. The van der Waals surface area contributed by atoms with Crippen molar-refractivity contribution in [3.05, 3.63) is 17.7 Å². The molecule has 96 valence electrons. The van der Waals surface area contributed by atoms with Gasteiger partial charge < -0.3 is 9.72 Å². The number of hydrogen-bond acceptors (Lipinski definition) is 2. The highest BCUT2D eigenvalue weighted by atomic mass is 16.5. The average Bonchev–Trinajstić information content (AvgIpc) is 2.79. The molecule has 3 heteroatoms. The first-order valence-corrected chi connectivity index (χ1v) is 6.36. The largest absolute Gasteiger partial charge is 0.371 e. The quantitative estimate of drug-likeness (QED) is 0.847. The van der Waals surface area contributed by atoms with Gasteiger partial charge in [-0.2, -0.15) is 0 Å². The topological polar surface area (TPSA) is 37.9 Å². The minimum absolute atomic E-state index is 0.264. The Morgan fingerprint density at radius 2 is 1.81 bits per heavy atom. The van der Waals surface area contributed by atoms with Crippen LogP contribution in [-0.2, 0) is 17.8 Å². The van der Waals surface area contributed by atoms with E-state index in [0.717, 1.165) is 17.9 Å². The molecule has 3 nitrogen and oxygen atoms in total. The molecule has 1 N–H and O–H groups in total. The van der Waals surface area contributed by atoms with E-state index in [1.165, 1.54) is 0 Å². The third-order valence-corrected chi connectivity index (χ3v) is 1.62. The number of rotatable bonds is 4. The van der Waals surface area contributed by atoms with Crippen LogP contribution in [0.1, 0.15) is 60.0 Å². The lowest BCUT2D eigenvalue weighted by Gasteiger charge is -2.04. The molecule has 0 spiro atoms. The van der Waals surface area contributed by atoms with Gasteiger partial charge >= 0.3 is 0 Å². The van der Waals surface area contributed by atoms with E-state index in [9.17, 15) is 0 Å². The molecular formula is C13H28N2O. The Morgan fingerprint density at radius 1 is 1.25 bits per heavy atom. The van der Waals surface area contributed by atoms with Crippen molar-refractivity contribution in [3.8, 4) is 0 Å². The molecule has 1 heterocycles. The van der Waals surface area contributed by atoms with Gasteiger partial charge in [0, 0.05) is 11.9 Å². The van der Waals surface area contributed by atoms with E-state index in [1.807, 2.05) is 47.7 Å². The second kappa shape index (κ2) is 12.2. The highest BCUT2D eigenvalue weighted by molar-refractivity contribution is 4.99. The van der Waals surface area contributed by atoms with E-state index < -0.39 is 0 Å². The summed E-state index contributed by atoms with van der Waals surface area (Å²) in [6.45, 7) is 14.7. The number of nitrogens with one attached hydrogen (secondary N) is 1. The molecule has 0 aromatic carbocycles. The molecular weight excluding hydrogens is 200 g/mol. The fourth-order valence-corrected chi connectivity index (χ4v) is 0.904. The first-order valence-electron chi connectivity index (χ1n) is 6.36. The van der Waals surface area contributed by atoms with Gasteiger partial charge in [-0.15, -0.1) is 0 Å². The lowest BCUT2D eigenvalue weighted by atomic mass is 10.4. The zero-order chi connectivity index (χ0) is 13.0. The Kier molecular flexibility index (Phi) is 13.4. The van der Waals surface area contributed by atoms with Gasteiger partial charge in [-0.1, -0.05) is 34.6 Å². The molecule has 0 bridgehead atoms. The number of aromatic amines is 1. The maximum absolute atomic E-state index is 5.39. The Bertz CT molecular complexity index is 232. The summed E-state index contributed by atoms with van der Waals surface area (Å²) in [5.74, 6) is 0.917. The van der Waals surface area contributed by atoms with Gasteiger partial charge in [0.15, 0.2) is 0 Å². The Balaban J connectivity index is 0. The van der Waals surface area contributed by atoms with Crippen molar-refractivity contribution < 1.29 is 4.74 Å². The maximum Gasteiger partial charge on any atom is 0.132 e. The minimum Gasteiger partial charge on any atom is -0.371 e. The predicted molar refractivity (Wildman–Crippen MR) is 70.6 cm³/mol. The Hall–Kier alpha value is -0.830. The fraction of sp³-hybridized carbons (Fsp3) is 0.769. The molecule has 0 aliphatic heterocycles. The van der Waals surface area contributed by atoms with Crippen LogP contribution in [0.2, 0.25) is 0 Å². The van der Waals surface area contributed by atoms with Crippen molar-refractivity contribution in [1.82, 2.24) is 9.97 Å². The molecule has 0 radical (unpaired) electrons. The van der Waals surface area contributed by atoms with Gasteiger partial charge in [0.1, 0.15) is 12.4 Å². The number of nitrogens with zero attached hydrogens (tertiary/aromatic N) is 1. The van der Waals surface area contributed by atoms with E-state index in [-0.39, 0.29) is 6.10 Å². The lowest BCUT2D eigenvalue weighted by Crippen LogP contribution is -2.03. The standard InChI is InChI=1S/C9H16N2O.2C2H6/c1-4-8-5-10-9(11-8)6-12-7(2)3;2*1-2/h5,7H,4,6H2,1-3H3,(H,10,11);2*1-2H3. The molecule has 0 unspecified atom stereocenters. The van der Waals surface area contributed by atoms with Crippen molar-refractivity contribution in [1.29, 1.82) is 0 Å². The summed E-state index contributed by atoms with van der Waals surface area (Å²) in [7, 11) is 0. The summed E-state index contributed by atoms with van der Waals surface area (Å²) < 4.78 is 5.39. The van der Waals surface area contributed by atoms with Crippen molar-refractivity contribution in [2.24, 2.45) is 0 Å². The second-order valence-corrected chi connectivity index (χ2v) is 3.07. The fourth-order valence-electron chi connectivity index (χ4n) is 0.904. The zero-order valence-electron chi connectivity index (χ0n) is 11.9. The summed E-state index contributed by atoms with van der Waals surface area (Å²) in [6, 6.07) is 0. The molecule has 0 amide bonds. The second-order valence-electron chi connectivity index (χ2n) is 3.07. The smallest absolute Gasteiger partial charge is 0.132 e. The van der Waals surface area contributed by atoms with Crippen LogP contribution in [0.15, 0.2) is 6.20 Å². The highest BCUT2D eigenvalue weighted by Gasteiger charge is 1.99. The zero-order valence-corrected chi connectivity index (χ0v) is 11.9. The van der Waals surface area contributed by atoms with Gasteiger partial charge in [0.2, 0.25) is 0 Å². The molecule has 0 aliphatic carbocycles. The molecule has 0 fully saturated rings. The van der Waals surface area contributed by atoms with Crippen molar-refractivity contribution in [2.75, 3.05) is 0 Å². The lowest BCUT2D eigenvalue weighted by molar-refractivity contribution is 0.0616. The van der Waals surface area contributed by atoms with Crippen LogP contribution in [0.4, 0.5) is 0 Å². The summed E-state index contributed by atoms with van der Waals surface area (Å²) in [5, 5.41) is 0. The van der Waals surface area contributed by atoms with Gasteiger partial charge in [-0.3, -0.25) is 0 Å². The van der Waals surface area contributed by atoms with Crippen LogP contribution >= 0.6 is 0 Å². The van der Waals surface area contributed by atoms with E-state index >= 15 is 0 Å². The van der Waals surface area contributed by atoms with Crippen LogP contribution in [0.25, 0.3) is 0 Å². The predicted octanol–water partition coefficient (Wildman–Crippen LogP) is 3.95. The summed E-state index contributed by atoms with van der Waals surface area (Å²) in [5.41, 5.74) is 1.16. The van der Waals surface area contributed by atoms with Gasteiger partial charge in [-0.25, -0.2) is 4.98 Å². The Labute approximate surface area is 101 Å². The number of imidazole rings is 1. The minimum atomic E-state index is 0.264. The number of aromatic nitrogens is 2. The van der Waals surface area contributed by atoms with Crippen LogP contribution in [0, 0.1) is 0 Å². The Morgan fingerprint density at radius 3 is 2.19 bits per heavy atom. The number of ether oxygens (including phenoxy) is 1. The first kappa shape index (κ1) is 17.6. The molecule has 0 saturated heterocycles. The molecule has 1 rings (SSSR count). The van der Waals surface area contributed by atoms with Gasteiger partial charge in [-0.05, 0) is 20.3 Å². The third-order valence-electron chi connectivity index (χ3n) is 1.62. The molecule has 1 aromatic rings. The highest BCUT2D eigenvalue weighted by Crippen LogP contribution is 2.00. The van der Waals surface area contributed by atoms with Crippen LogP contribution in [0.3, 0.4) is 0 Å². The normalized spacial score (nSPS) is 9.00. The molecule has 0 saturated carbocycles. The van der Waals surface area contributed by atoms with Crippen molar-refractivity contribution in [2.45, 2.75) is 67.6 Å². The summed E-state index contributed by atoms with van der Waals surface area (Å²) in [4.78, 5) is 7.36. The average molecular weight is 228 g/mol. The number of hydrogen-bond donors (Lipinski definition) is 1. The van der Waals surface area contributed by atoms with E-state index in [1.54, 1.807) is 0 Å². The van der Waals surface area contributed by atoms with Gasteiger partial charge in [0.25, 0.3) is 0 Å². The van der Waals surface area contributed by atoms with E-state index in [4.69, 9.17) is 4.74 Å². The van der Waals surface area contributed by atoms with E-state index in [0.29, 0.717) is 6.61 Å². The monoisotopic (exact) mass is 228 g/mol. The summed E-state index contributed by atoms with van der Waals surface area (Å²) in [6.07, 6.45) is 3.12. The number of H-pyrrole nitrogens is 1. The van der Waals surface area contributed by atoms with Crippen molar-refractivity contribution >= 4 is 0 Å². The van der Waals surface area contributed by atoms with Crippen LogP contribution in [0.5, 0.6) is 0 Å². The van der Waals surface area contributed by atoms with Crippen LogP contribution < -0.4 is 0 Å². The molecule has 0 aliphatic rings. The SMILES string of the molecule is CC.CC.CCc1cnc(COC(C)C)[nH]1. The molecule has 1 aromatic heterocycles. The van der Waals surface area contributed by atoms with Crippen molar-refractivity contribution in [3.63, 3.8) is 0 Å². The third kappa shape index (κ3) is 8.48. The maximum atomic E-state index is 5.39.